The van der Waals surface area contributed by atoms with Crippen molar-refractivity contribution in [2.75, 3.05) is 27.3 Å². The van der Waals surface area contributed by atoms with E-state index in [1.807, 2.05) is 0 Å². The van der Waals surface area contributed by atoms with Gasteiger partial charge < -0.3 is 4.90 Å². The van der Waals surface area contributed by atoms with Crippen molar-refractivity contribution in [1.82, 2.24) is 9.80 Å². The highest BCUT2D eigenvalue weighted by atomic mass is 15.3. The van der Waals surface area contributed by atoms with Crippen LogP contribution in [0.15, 0.2) is 11.8 Å². The van der Waals surface area contributed by atoms with Crippen molar-refractivity contribution in [3.05, 3.63) is 11.8 Å². The van der Waals surface area contributed by atoms with E-state index in [0.29, 0.717) is 0 Å². The summed E-state index contributed by atoms with van der Waals surface area (Å²) in [7, 11) is 4.23. The molecule has 0 unspecified atom stereocenters. The molecule has 1 heterocycles. The fraction of sp³-hybridized carbons (Fsp3) is 0.714. The molecule has 0 aromatic heterocycles. The highest BCUT2D eigenvalue weighted by Crippen LogP contribution is 2.04. The van der Waals surface area contributed by atoms with Crippen molar-refractivity contribution in [2.24, 2.45) is 0 Å². The van der Waals surface area contributed by atoms with Crippen molar-refractivity contribution in [3.63, 3.8) is 0 Å². The summed E-state index contributed by atoms with van der Waals surface area (Å²) in [5.41, 5.74) is 1.44. The van der Waals surface area contributed by atoms with Gasteiger partial charge >= 0.3 is 0 Å². The van der Waals surface area contributed by atoms with Gasteiger partial charge in [-0.2, -0.15) is 0 Å². The SMILES string of the molecule is CC1=CN(C)CN(C)C1. The quantitative estimate of drug-likeness (QED) is 0.472. The van der Waals surface area contributed by atoms with Crippen molar-refractivity contribution in [3.8, 4) is 0 Å². The second-order valence-corrected chi connectivity index (χ2v) is 2.89. The highest BCUT2D eigenvalue weighted by Gasteiger charge is 2.06. The Bertz CT molecular complexity index is 129. The standard InChI is InChI=1S/C7H14N2/c1-7-4-8(2)6-9(3)5-7/h4H,5-6H2,1-3H3. The summed E-state index contributed by atoms with van der Waals surface area (Å²) in [6, 6.07) is 0. The molecular weight excluding hydrogens is 112 g/mol. The van der Waals surface area contributed by atoms with Crippen LogP contribution in [0.2, 0.25) is 0 Å². The molecule has 1 rings (SSSR count). The number of rotatable bonds is 0. The Morgan fingerprint density at radius 3 is 2.56 bits per heavy atom. The molecule has 0 saturated heterocycles. The zero-order valence-electron chi connectivity index (χ0n) is 6.39. The van der Waals surface area contributed by atoms with Crippen molar-refractivity contribution < 1.29 is 0 Å². The van der Waals surface area contributed by atoms with Crippen molar-refractivity contribution in [2.45, 2.75) is 6.92 Å². The van der Waals surface area contributed by atoms with Gasteiger partial charge in [0.1, 0.15) is 0 Å². The van der Waals surface area contributed by atoms with E-state index in [1.165, 1.54) is 5.57 Å². The molecule has 52 valence electrons. The van der Waals surface area contributed by atoms with E-state index >= 15 is 0 Å². The second kappa shape index (κ2) is 2.40. The summed E-state index contributed by atoms with van der Waals surface area (Å²) in [6.07, 6.45) is 2.19. The average Bonchev–Trinajstić information content (AvgIpc) is 1.59. The maximum atomic E-state index is 2.29. The minimum atomic E-state index is 1.05. The van der Waals surface area contributed by atoms with Crippen LogP contribution in [0.1, 0.15) is 6.92 Å². The van der Waals surface area contributed by atoms with Crippen LogP contribution >= 0.6 is 0 Å². The molecule has 1 aliphatic heterocycles. The van der Waals surface area contributed by atoms with Gasteiger partial charge in [-0.25, -0.2) is 0 Å². The van der Waals surface area contributed by atoms with Crippen molar-refractivity contribution in [1.29, 1.82) is 0 Å². The Morgan fingerprint density at radius 2 is 2.11 bits per heavy atom. The normalized spacial score (nSPS) is 22.1. The molecule has 2 nitrogen and oxygen atoms in total. The molecule has 2 heteroatoms. The Hall–Kier alpha value is -0.500. The molecule has 0 spiro atoms. The molecule has 1 aliphatic rings. The average molecular weight is 126 g/mol. The third-order valence-electron chi connectivity index (χ3n) is 1.42. The lowest BCUT2D eigenvalue weighted by atomic mass is 10.3. The first-order valence-electron chi connectivity index (χ1n) is 3.24. The lowest BCUT2D eigenvalue weighted by Crippen LogP contribution is -2.35. The van der Waals surface area contributed by atoms with E-state index in [9.17, 15) is 0 Å². The van der Waals surface area contributed by atoms with Crippen LogP contribution in [-0.4, -0.2) is 37.1 Å². The predicted molar refractivity (Wildman–Crippen MR) is 39.0 cm³/mol. The molecule has 0 atom stereocenters. The largest absolute Gasteiger partial charge is 0.368 e. The van der Waals surface area contributed by atoms with Gasteiger partial charge in [0.2, 0.25) is 0 Å². The molecule has 0 aromatic rings. The third kappa shape index (κ3) is 1.72. The van der Waals surface area contributed by atoms with E-state index in [2.05, 4.69) is 37.0 Å². The number of nitrogens with zero attached hydrogens (tertiary/aromatic N) is 2. The monoisotopic (exact) mass is 126 g/mol. The topological polar surface area (TPSA) is 6.48 Å². The predicted octanol–water partition coefficient (Wildman–Crippen LogP) is 0.725. The smallest absolute Gasteiger partial charge is 0.0698 e. The number of likely N-dealkylation sites (N-methyl/N-ethyl adjacent to an activating group) is 1. The zero-order chi connectivity index (χ0) is 6.85. The lowest BCUT2D eigenvalue weighted by molar-refractivity contribution is 0.221. The van der Waals surface area contributed by atoms with Gasteiger partial charge in [0.25, 0.3) is 0 Å². The molecule has 0 radical (unpaired) electrons. The van der Waals surface area contributed by atoms with Crippen LogP contribution < -0.4 is 0 Å². The van der Waals surface area contributed by atoms with E-state index in [4.69, 9.17) is 0 Å². The minimum absolute atomic E-state index is 1.05. The van der Waals surface area contributed by atoms with Crippen LogP contribution in [0.3, 0.4) is 0 Å². The molecule has 0 aliphatic carbocycles. The van der Waals surface area contributed by atoms with Crippen LogP contribution in [0.5, 0.6) is 0 Å². The van der Waals surface area contributed by atoms with E-state index in [-0.39, 0.29) is 0 Å². The van der Waals surface area contributed by atoms with Gasteiger partial charge in [-0.1, -0.05) is 0 Å². The van der Waals surface area contributed by atoms with Crippen LogP contribution in [-0.2, 0) is 0 Å². The summed E-state index contributed by atoms with van der Waals surface area (Å²) in [6.45, 7) is 4.33. The Balaban J connectivity index is 2.56. The van der Waals surface area contributed by atoms with Gasteiger partial charge in [0, 0.05) is 19.8 Å². The third-order valence-corrected chi connectivity index (χ3v) is 1.42. The molecule has 0 saturated carbocycles. The Kier molecular flexibility index (Phi) is 1.76. The number of hydrogen-bond acceptors (Lipinski definition) is 2. The van der Waals surface area contributed by atoms with Gasteiger partial charge in [0.15, 0.2) is 0 Å². The molecule has 0 aromatic carbocycles. The maximum Gasteiger partial charge on any atom is 0.0698 e. The molecule has 0 bridgehead atoms. The van der Waals surface area contributed by atoms with Gasteiger partial charge in [0.05, 0.1) is 6.67 Å². The van der Waals surface area contributed by atoms with Gasteiger partial charge in [-0.05, 0) is 19.5 Å². The minimum Gasteiger partial charge on any atom is -0.368 e. The summed E-state index contributed by atoms with van der Waals surface area (Å²) >= 11 is 0. The Labute approximate surface area is 56.8 Å². The number of hydrogen-bond donors (Lipinski definition) is 0. The lowest BCUT2D eigenvalue weighted by Gasteiger charge is -2.29. The Morgan fingerprint density at radius 1 is 1.44 bits per heavy atom. The van der Waals surface area contributed by atoms with Gasteiger partial charge in [-0.15, -0.1) is 0 Å². The molecule has 0 N–H and O–H groups in total. The first-order valence-corrected chi connectivity index (χ1v) is 3.24. The van der Waals surface area contributed by atoms with Gasteiger partial charge in [-0.3, -0.25) is 4.90 Å². The molecule has 0 fully saturated rings. The summed E-state index contributed by atoms with van der Waals surface area (Å²) in [5.74, 6) is 0. The van der Waals surface area contributed by atoms with Crippen LogP contribution in [0.4, 0.5) is 0 Å². The summed E-state index contributed by atoms with van der Waals surface area (Å²) < 4.78 is 0. The van der Waals surface area contributed by atoms with E-state index in [1.54, 1.807) is 0 Å². The van der Waals surface area contributed by atoms with Crippen LogP contribution in [0, 0.1) is 0 Å². The van der Waals surface area contributed by atoms with Crippen LogP contribution in [0.25, 0.3) is 0 Å². The zero-order valence-corrected chi connectivity index (χ0v) is 6.39. The molecule has 0 amide bonds. The van der Waals surface area contributed by atoms with Crippen molar-refractivity contribution >= 4 is 0 Å². The fourth-order valence-corrected chi connectivity index (χ4v) is 1.31. The van der Waals surface area contributed by atoms with E-state index < -0.39 is 0 Å². The summed E-state index contributed by atoms with van der Waals surface area (Å²) in [5, 5.41) is 0. The maximum absolute atomic E-state index is 2.29. The molecular formula is C7H14N2. The fourth-order valence-electron chi connectivity index (χ4n) is 1.31. The first-order chi connectivity index (χ1) is 4.18. The summed E-state index contributed by atoms with van der Waals surface area (Å²) in [4.78, 5) is 4.48. The second-order valence-electron chi connectivity index (χ2n) is 2.89. The van der Waals surface area contributed by atoms with E-state index in [0.717, 1.165) is 13.2 Å². The first kappa shape index (κ1) is 6.62. The highest BCUT2D eigenvalue weighted by molar-refractivity contribution is 5.02. The molecule has 9 heavy (non-hydrogen) atoms.